The summed E-state index contributed by atoms with van der Waals surface area (Å²) in [5, 5.41) is 3.54. The second kappa shape index (κ2) is 7.70. The second-order valence-corrected chi connectivity index (χ2v) is 6.48. The van der Waals surface area contributed by atoms with Crippen LogP contribution in [0, 0.1) is 0 Å². The predicted octanol–water partition coefficient (Wildman–Crippen LogP) is 2.91. The number of piperidine rings is 1. The Balaban J connectivity index is 1.74. The molecule has 1 saturated heterocycles. The largest absolute Gasteiger partial charge is 0.495 e. The van der Waals surface area contributed by atoms with E-state index in [0.29, 0.717) is 10.8 Å². The minimum atomic E-state index is 0.0270. The Labute approximate surface area is 152 Å². The van der Waals surface area contributed by atoms with E-state index < -0.39 is 0 Å². The monoisotopic (exact) mass is 360 g/mol. The highest BCUT2D eigenvalue weighted by atomic mass is 35.5. The zero-order valence-corrected chi connectivity index (χ0v) is 15.1. The van der Waals surface area contributed by atoms with E-state index in [-0.39, 0.29) is 11.9 Å². The Morgan fingerprint density at radius 3 is 2.68 bits per heavy atom. The number of benzene rings is 1. The van der Waals surface area contributed by atoms with Crippen molar-refractivity contribution in [2.75, 3.05) is 25.1 Å². The van der Waals surface area contributed by atoms with Crippen LogP contribution in [-0.2, 0) is 4.79 Å². The quantitative estimate of drug-likeness (QED) is 0.908. The van der Waals surface area contributed by atoms with Crippen LogP contribution in [0.15, 0.2) is 30.6 Å². The Morgan fingerprint density at radius 1 is 1.28 bits per heavy atom. The lowest BCUT2D eigenvalue weighted by Gasteiger charge is -2.33. The van der Waals surface area contributed by atoms with Gasteiger partial charge < -0.3 is 15.0 Å². The molecule has 0 atom stereocenters. The Kier molecular flexibility index (Phi) is 5.38. The van der Waals surface area contributed by atoms with E-state index in [2.05, 4.69) is 20.2 Å². The number of aromatic nitrogens is 2. The predicted molar refractivity (Wildman–Crippen MR) is 98.1 cm³/mol. The fourth-order valence-electron chi connectivity index (χ4n) is 3.04. The summed E-state index contributed by atoms with van der Waals surface area (Å²) in [6.07, 6.45) is 3.39. The summed E-state index contributed by atoms with van der Waals surface area (Å²) in [5.41, 5.74) is 1.74. The third-order valence-corrected chi connectivity index (χ3v) is 4.62. The van der Waals surface area contributed by atoms with Gasteiger partial charge in [0, 0.05) is 37.7 Å². The topological polar surface area (TPSA) is 67.3 Å². The van der Waals surface area contributed by atoms with E-state index >= 15 is 0 Å². The molecule has 0 aliphatic carbocycles. The highest BCUT2D eigenvalue weighted by Gasteiger charge is 2.21. The van der Waals surface area contributed by atoms with Gasteiger partial charge >= 0.3 is 0 Å². The van der Waals surface area contributed by atoms with E-state index in [1.54, 1.807) is 20.4 Å². The van der Waals surface area contributed by atoms with Crippen LogP contribution < -0.4 is 15.0 Å². The van der Waals surface area contributed by atoms with Gasteiger partial charge in [0.1, 0.15) is 17.9 Å². The summed E-state index contributed by atoms with van der Waals surface area (Å²) in [5.74, 6) is 1.55. The summed E-state index contributed by atoms with van der Waals surface area (Å²) in [7, 11) is 1.59. The van der Waals surface area contributed by atoms with Crippen LogP contribution >= 0.6 is 11.6 Å². The highest BCUT2D eigenvalue weighted by Crippen LogP contribution is 2.30. The summed E-state index contributed by atoms with van der Waals surface area (Å²) < 4.78 is 5.19. The highest BCUT2D eigenvalue weighted by molar-refractivity contribution is 6.32. The first kappa shape index (κ1) is 17.5. The van der Waals surface area contributed by atoms with Gasteiger partial charge in [-0.3, -0.25) is 4.79 Å². The minimum absolute atomic E-state index is 0.0270. The summed E-state index contributed by atoms with van der Waals surface area (Å²) >= 11 is 6.21. The number of methoxy groups -OCH3 is 1. The number of carbonyl (C=O) groups excluding carboxylic acids is 1. The third kappa shape index (κ3) is 4.20. The molecule has 6 nitrogen and oxygen atoms in total. The third-order valence-electron chi connectivity index (χ3n) is 4.33. The molecular formula is C18H21ClN4O2. The molecule has 1 fully saturated rings. The lowest BCUT2D eigenvalue weighted by atomic mass is 10.0. The maximum absolute atomic E-state index is 11.2. The average Bonchev–Trinajstić information content (AvgIpc) is 2.62. The molecule has 3 rings (SSSR count). The number of rotatable bonds is 4. The lowest BCUT2D eigenvalue weighted by molar-refractivity contribution is -0.119. The van der Waals surface area contributed by atoms with Crippen LogP contribution in [0.2, 0.25) is 5.02 Å². The Bertz CT molecular complexity index is 760. The van der Waals surface area contributed by atoms with Crippen LogP contribution in [0.5, 0.6) is 5.75 Å². The van der Waals surface area contributed by atoms with Crippen molar-refractivity contribution < 1.29 is 9.53 Å². The van der Waals surface area contributed by atoms with Gasteiger partial charge in [0.2, 0.25) is 5.91 Å². The molecule has 0 unspecified atom stereocenters. The number of ether oxygens (including phenoxy) is 1. The normalized spacial score (nSPS) is 15.1. The van der Waals surface area contributed by atoms with Gasteiger partial charge in [-0.2, -0.15) is 0 Å². The molecule has 0 bridgehead atoms. The number of carbonyl (C=O) groups is 1. The Morgan fingerprint density at radius 2 is 2.04 bits per heavy atom. The molecule has 1 amide bonds. The van der Waals surface area contributed by atoms with Crippen molar-refractivity contribution in [1.82, 2.24) is 15.3 Å². The van der Waals surface area contributed by atoms with Crippen molar-refractivity contribution >= 4 is 23.3 Å². The first-order valence-corrected chi connectivity index (χ1v) is 8.62. The SMILES string of the molecule is COc1ccc(-c2cc(N3CCC(NC(C)=O)CC3)ncn2)cc1Cl. The van der Waals surface area contributed by atoms with E-state index in [1.807, 2.05) is 24.3 Å². The number of anilines is 1. The fraction of sp³-hybridized carbons (Fsp3) is 0.389. The van der Waals surface area contributed by atoms with E-state index in [0.717, 1.165) is 43.0 Å². The molecule has 1 N–H and O–H groups in total. The molecule has 132 valence electrons. The van der Waals surface area contributed by atoms with Crippen molar-refractivity contribution in [2.24, 2.45) is 0 Å². The summed E-state index contributed by atoms with van der Waals surface area (Å²) in [6.45, 7) is 3.26. The standard InChI is InChI=1S/C18H21ClN4O2/c1-12(24)22-14-5-7-23(8-6-14)18-10-16(20-11-21-18)13-3-4-17(25-2)15(19)9-13/h3-4,9-11,14H,5-8H2,1-2H3,(H,22,24). The van der Waals surface area contributed by atoms with E-state index in [9.17, 15) is 4.79 Å². The molecule has 25 heavy (non-hydrogen) atoms. The maximum Gasteiger partial charge on any atom is 0.217 e. The second-order valence-electron chi connectivity index (χ2n) is 6.07. The Hall–Kier alpha value is -2.34. The lowest BCUT2D eigenvalue weighted by Crippen LogP contribution is -2.44. The number of amides is 1. The molecule has 1 aromatic carbocycles. The summed E-state index contributed by atoms with van der Waals surface area (Å²) in [4.78, 5) is 22.2. The number of halogens is 1. The van der Waals surface area contributed by atoms with Crippen LogP contribution in [-0.4, -0.2) is 42.1 Å². The smallest absolute Gasteiger partial charge is 0.217 e. The van der Waals surface area contributed by atoms with Gasteiger partial charge in [-0.05, 0) is 31.0 Å². The fourth-order valence-corrected chi connectivity index (χ4v) is 3.30. The maximum atomic E-state index is 11.2. The molecule has 7 heteroatoms. The van der Waals surface area contributed by atoms with Gasteiger partial charge in [0.25, 0.3) is 0 Å². The first-order chi connectivity index (χ1) is 12.1. The van der Waals surface area contributed by atoms with E-state index in [4.69, 9.17) is 16.3 Å². The van der Waals surface area contributed by atoms with Crippen molar-refractivity contribution in [1.29, 1.82) is 0 Å². The van der Waals surface area contributed by atoms with Crippen molar-refractivity contribution in [2.45, 2.75) is 25.8 Å². The zero-order chi connectivity index (χ0) is 17.8. The molecule has 2 heterocycles. The van der Waals surface area contributed by atoms with Gasteiger partial charge in [0.05, 0.1) is 17.8 Å². The van der Waals surface area contributed by atoms with Crippen LogP contribution in [0.3, 0.4) is 0 Å². The molecule has 0 spiro atoms. The van der Waals surface area contributed by atoms with E-state index in [1.165, 1.54) is 0 Å². The van der Waals surface area contributed by atoms with Gasteiger partial charge in [-0.15, -0.1) is 0 Å². The van der Waals surface area contributed by atoms with Crippen LogP contribution in [0.25, 0.3) is 11.3 Å². The number of nitrogens with zero attached hydrogens (tertiary/aromatic N) is 3. The van der Waals surface area contributed by atoms with Gasteiger partial charge in [-0.1, -0.05) is 11.6 Å². The van der Waals surface area contributed by atoms with Crippen molar-refractivity contribution in [3.63, 3.8) is 0 Å². The summed E-state index contributed by atoms with van der Waals surface area (Å²) in [6, 6.07) is 7.82. The molecule has 0 radical (unpaired) electrons. The van der Waals surface area contributed by atoms with Crippen LogP contribution in [0.4, 0.5) is 5.82 Å². The molecule has 1 aliphatic rings. The van der Waals surface area contributed by atoms with Gasteiger partial charge in [0.15, 0.2) is 0 Å². The number of hydrogen-bond donors (Lipinski definition) is 1. The molecule has 0 saturated carbocycles. The average molecular weight is 361 g/mol. The van der Waals surface area contributed by atoms with Gasteiger partial charge in [-0.25, -0.2) is 9.97 Å². The molecule has 1 aromatic heterocycles. The number of nitrogens with one attached hydrogen (secondary N) is 1. The zero-order valence-electron chi connectivity index (χ0n) is 14.3. The minimum Gasteiger partial charge on any atom is -0.495 e. The molecule has 2 aromatic rings. The molecule has 1 aliphatic heterocycles. The first-order valence-electron chi connectivity index (χ1n) is 8.25. The van der Waals surface area contributed by atoms with Crippen LogP contribution in [0.1, 0.15) is 19.8 Å². The van der Waals surface area contributed by atoms with Crippen molar-refractivity contribution in [3.05, 3.63) is 35.6 Å². The number of hydrogen-bond acceptors (Lipinski definition) is 5. The molecular weight excluding hydrogens is 340 g/mol. The van der Waals surface area contributed by atoms with Crippen molar-refractivity contribution in [3.8, 4) is 17.0 Å².